The van der Waals surface area contributed by atoms with E-state index in [1.807, 2.05) is 6.92 Å². The normalized spacial score (nSPS) is 25.2. The van der Waals surface area contributed by atoms with Gasteiger partial charge in [-0.25, -0.2) is 0 Å². The number of halogens is 6. The van der Waals surface area contributed by atoms with Crippen LogP contribution in [-0.4, -0.2) is 41.7 Å². The first kappa shape index (κ1) is 17.6. The van der Waals surface area contributed by atoms with E-state index in [0.717, 1.165) is 25.7 Å². The highest BCUT2D eigenvalue weighted by Crippen LogP contribution is 2.53. The maximum absolute atomic E-state index is 13.5. The summed E-state index contributed by atoms with van der Waals surface area (Å²) >= 11 is 0. The molecule has 0 unspecified atom stereocenters. The molecule has 1 saturated heterocycles. The van der Waals surface area contributed by atoms with Gasteiger partial charge in [-0.3, -0.25) is 0 Å². The summed E-state index contributed by atoms with van der Waals surface area (Å²) in [5.74, 6) is 0. The topological polar surface area (TPSA) is 6.48 Å². The van der Waals surface area contributed by atoms with Crippen molar-refractivity contribution in [1.82, 2.24) is 9.80 Å². The van der Waals surface area contributed by atoms with E-state index < -0.39 is 34.6 Å². The van der Waals surface area contributed by atoms with Crippen LogP contribution in [0.1, 0.15) is 45.4 Å². The van der Waals surface area contributed by atoms with Crippen molar-refractivity contribution in [2.45, 2.75) is 63.7 Å². The van der Waals surface area contributed by atoms with Gasteiger partial charge in [0.25, 0.3) is 0 Å². The lowest BCUT2D eigenvalue weighted by Gasteiger charge is -2.27. The zero-order chi connectivity index (χ0) is 15.6. The fourth-order valence-electron chi connectivity index (χ4n) is 2.21. The summed E-state index contributed by atoms with van der Waals surface area (Å²) in [6, 6.07) is -9.74. The Bertz CT molecular complexity index is 321. The zero-order valence-electron chi connectivity index (χ0n) is 11.6. The molecule has 1 heterocycles. The summed E-state index contributed by atoms with van der Waals surface area (Å²) in [5.41, 5.74) is 0. The second-order valence-corrected chi connectivity index (χ2v) is 5.07. The Morgan fingerprint density at radius 2 is 1.25 bits per heavy atom. The minimum absolute atomic E-state index is 0.0405. The van der Waals surface area contributed by atoms with Gasteiger partial charge in [0.15, 0.2) is 0 Å². The molecule has 2 nitrogen and oxygen atoms in total. The van der Waals surface area contributed by atoms with Crippen LogP contribution in [0.4, 0.5) is 26.3 Å². The van der Waals surface area contributed by atoms with Crippen LogP contribution in [0.15, 0.2) is 0 Å². The van der Waals surface area contributed by atoms with Crippen molar-refractivity contribution < 1.29 is 26.3 Å². The van der Waals surface area contributed by atoms with E-state index in [9.17, 15) is 26.3 Å². The van der Waals surface area contributed by atoms with Gasteiger partial charge in [0.2, 0.25) is 0 Å². The van der Waals surface area contributed by atoms with E-state index in [-0.39, 0.29) is 6.42 Å². The predicted molar refractivity (Wildman–Crippen MR) is 62.7 cm³/mol. The van der Waals surface area contributed by atoms with Crippen molar-refractivity contribution in [1.29, 1.82) is 0 Å². The van der Waals surface area contributed by atoms with E-state index in [2.05, 4.69) is 0 Å². The van der Waals surface area contributed by atoms with E-state index in [1.165, 1.54) is 0 Å². The molecule has 0 bridgehead atoms. The first-order valence-corrected chi connectivity index (χ1v) is 6.75. The molecule has 1 rings (SSSR count). The van der Waals surface area contributed by atoms with Crippen LogP contribution < -0.4 is 0 Å². The highest BCUT2D eigenvalue weighted by Gasteiger charge is 2.79. The number of hydrogen-bond acceptors (Lipinski definition) is 2. The third-order valence-corrected chi connectivity index (χ3v) is 3.59. The summed E-state index contributed by atoms with van der Waals surface area (Å²) in [4.78, 5) is -1.56. The van der Waals surface area contributed by atoms with Gasteiger partial charge < -0.3 is 0 Å². The van der Waals surface area contributed by atoms with Crippen molar-refractivity contribution >= 4 is 0 Å². The van der Waals surface area contributed by atoms with Crippen molar-refractivity contribution in [2.24, 2.45) is 0 Å². The maximum atomic E-state index is 13.5. The highest BCUT2D eigenvalue weighted by atomic mass is 19.3. The van der Waals surface area contributed by atoms with Crippen LogP contribution >= 0.6 is 0 Å². The first-order chi connectivity index (χ1) is 9.10. The van der Waals surface area contributed by atoms with Gasteiger partial charge in [0.05, 0.1) is 0 Å². The number of hydrogen-bond donors (Lipinski definition) is 0. The second kappa shape index (κ2) is 6.09. The first-order valence-electron chi connectivity index (χ1n) is 6.75. The van der Waals surface area contributed by atoms with E-state index in [4.69, 9.17) is 0 Å². The van der Waals surface area contributed by atoms with E-state index >= 15 is 0 Å². The van der Waals surface area contributed by atoms with Crippen LogP contribution in [-0.2, 0) is 0 Å². The molecule has 20 heavy (non-hydrogen) atoms. The van der Waals surface area contributed by atoms with Crippen LogP contribution in [0.25, 0.3) is 0 Å². The third-order valence-electron chi connectivity index (χ3n) is 3.59. The van der Waals surface area contributed by atoms with Crippen molar-refractivity contribution in [3.05, 3.63) is 0 Å². The van der Waals surface area contributed by atoms with Gasteiger partial charge >= 0.3 is 18.3 Å². The quantitative estimate of drug-likeness (QED) is 0.392. The lowest BCUT2D eigenvalue weighted by Crippen LogP contribution is -2.50. The van der Waals surface area contributed by atoms with E-state index in [1.54, 1.807) is 0 Å². The van der Waals surface area contributed by atoms with Crippen LogP contribution in [0.3, 0.4) is 0 Å². The van der Waals surface area contributed by atoms with E-state index in [0.29, 0.717) is 13.5 Å². The van der Waals surface area contributed by atoms with Crippen molar-refractivity contribution in [3.63, 3.8) is 0 Å². The summed E-state index contributed by atoms with van der Waals surface area (Å²) in [5, 5.41) is 0. The number of nitrogens with zero attached hydrogens (tertiary/aromatic N) is 2. The fraction of sp³-hybridized carbons (Fsp3) is 1.00. The van der Waals surface area contributed by atoms with Gasteiger partial charge in [-0.05, 0) is 13.5 Å². The summed E-state index contributed by atoms with van der Waals surface area (Å²) in [6.07, 6.45) is -0.242. The molecule has 1 aliphatic heterocycles. The molecule has 0 aromatic rings. The Balaban J connectivity index is 2.59. The smallest absolute Gasteiger partial charge is 0.179 e. The SMILES string of the molecule is CCCCCCCCN1C(F)(F)N(C)C(F)(F)C1(F)F. The van der Waals surface area contributed by atoms with Gasteiger partial charge in [0.1, 0.15) is 0 Å². The fourth-order valence-corrected chi connectivity index (χ4v) is 2.21. The number of likely N-dealkylation sites (N-methyl/N-ethyl adjacent to an activating group) is 1. The van der Waals surface area contributed by atoms with Crippen LogP contribution in [0.5, 0.6) is 0 Å². The molecule has 8 heteroatoms. The Hall–Kier alpha value is -0.500. The lowest BCUT2D eigenvalue weighted by atomic mass is 10.1. The Morgan fingerprint density at radius 1 is 0.750 bits per heavy atom. The predicted octanol–water partition coefficient (Wildman–Crippen LogP) is 4.33. The molecular formula is C12H20F6N2. The molecule has 0 aromatic carbocycles. The summed E-state index contributed by atoms with van der Waals surface area (Å²) < 4.78 is 80.2. The minimum atomic E-state index is -4.88. The Labute approximate surface area is 114 Å². The molecule has 0 amide bonds. The lowest BCUT2D eigenvalue weighted by molar-refractivity contribution is -0.279. The van der Waals surface area contributed by atoms with Gasteiger partial charge in [-0.1, -0.05) is 39.0 Å². The number of unbranched alkanes of at least 4 members (excludes halogenated alkanes) is 5. The molecule has 0 atom stereocenters. The molecule has 0 spiro atoms. The third kappa shape index (κ3) is 2.90. The maximum Gasteiger partial charge on any atom is 0.388 e. The average molecular weight is 306 g/mol. The molecule has 1 fully saturated rings. The molecule has 0 aromatic heterocycles. The minimum Gasteiger partial charge on any atom is -0.179 e. The molecule has 120 valence electrons. The van der Waals surface area contributed by atoms with Crippen molar-refractivity contribution in [2.75, 3.05) is 13.6 Å². The zero-order valence-corrected chi connectivity index (χ0v) is 11.6. The molecule has 1 aliphatic rings. The average Bonchev–Trinajstić information content (AvgIpc) is 2.43. The largest absolute Gasteiger partial charge is 0.388 e. The highest BCUT2D eigenvalue weighted by molar-refractivity contribution is 4.96. The Morgan fingerprint density at radius 3 is 1.70 bits per heavy atom. The molecule has 0 N–H and O–H groups in total. The van der Waals surface area contributed by atoms with Crippen molar-refractivity contribution in [3.8, 4) is 0 Å². The molecule has 0 aliphatic carbocycles. The second-order valence-electron chi connectivity index (χ2n) is 5.07. The van der Waals surface area contributed by atoms with Crippen LogP contribution in [0, 0.1) is 0 Å². The summed E-state index contributed by atoms with van der Waals surface area (Å²) in [7, 11) is 0.301. The van der Waals surface area contributed by atoms with Gasteiger partial charge in [-0.15, -0.1) is 0 Å². The number of rotatable bonds is 7. The van der Waals surface area contributed by atoms with Gasteiger partial charge in [-0.2, -0.15) is 36.1 Å². The van der Waals surface area contributed by atoms with Crippen LogP contribution in [0.2, 0.25) is 0 Å². The summed E-state index contributed by atoms with van der Waals surface area (Å²) in [6.45, 7) is 1.25. The standard InChI is InChI=1S/C12H20F6N2/c1-3-4-5-6-7-8-9-20-11(15,16)10(13,14)19(2)12(20,17)18/h3-9H2,1-2H3. The molecular weight excluding hydrogens is 286 g/mol. The van der Waals surface area contributed by atoms with Gasteiger partial charge in [0, 0.05) is 6.54 Å². The number of alkyl halides is 6. The monoisotopic (exact) mass is 306 g/mol. The molecule has 0 saturated carbocycles. The molecule has 0 radical (unpaired) electrons. The Kier molecular flexibility index (Phi) is 5.34.